The van der Waals surface area contributed by atoms with Crippen LogP contribution in [0.5, 0.6) is 11.5 Å². The number of aliphatic hydroxyl groups excluding tert-OH is 1. The predicted molar refractivity (Wildman–Crippen MR) is 164 cm³/mol. The third kappa shape index (κ3) is 6.17. The number of hydrogen-bond donors (Lipinski definition) is 1. The normalized spacial score (nSPS) is 17.0. The molecule has 3 aromatic carbocycles. The second-order valence-corrected chi connectivity index (χ2v) is 12.0. The molecule has 4 rings (SSSR count). The smallest absolute Gasteiger partial charge is 0.300 e. The van der Waals surface area contributed by atoms with Gasteiger partial charge in [-0.15, -0.1) is 0 Å². The molecule has 1 N–H and O–H groups in total. The number of ketones is 1. The van der Waals surface area contributed by atoms with Crippen molar-refractivity contribution in [1.29, 1.82) is 0 Å². The summed E-state index contributed by atoms with van der Waals surface area (Å²) < 4.78 is 11.6. The van der Waals surface area contributed by atoms with E-state index in [0.717, 1.165) is 16.9 Å². The van der Waals surface area contributed by atoms with Crippen LogP contribution in [-0.4, -0.2) is 29.5 Å². The summed E-state index contributed by atoms with van der Waals surface area (Å²) in [4.78, 5) is 28.8. The predicted octanol–water partition coefficient (Wildman–Crippen LogP) is 7.92. The summed E-state index contributed by atoms with van der Waals surface area (Å²) in [6, 6.07) is 19.6. The third-order valence-electron chi connectivity index (χ3n) is 7.23. The van der Waals surface area contributed by atoms with E-state index in [9.17, 15) is 14.7 Å². The number of nitrogens with zero attached hydrogens (tertiary/aromatic N) is 1. The fourth-order valence-electron chi connectivity index (χ4n) is 5.13. The molecule has 1 aliphatic rings. The van der Waals surface area contributed by atoms with Gasteiger partial charge in [-0.3, -0.25) is 14.5 Å². The fraction of sp³-hybridized carbons (Fsp3) is 0.371. The number of carbonyl (C=O) groups is 2. The van der Waals surface area contributed by atoms with Gasteiger partial charge in [-0.05, 0) is 91.3 Å². The minimum atomic E-state index is -0.822. The molecule has 0 bridgehead atoms. The first kappa shape index (κ1) is 29.9. The first-order valence-electron chi connectivity index (χ1n) is 14.3. The van der Waals surface area contributed by atoms with Gasteiger partial charge in [-0.2, -0.15) is 0 Å². The minimum Gasteiger partial charge on any atom is -0.507 e. The van der Waals surface area contributed by atoms with Crippen molar-refractivity contribution in [3.8, 4) is 11.5 Å². The van der Waals surface area contributed by atoms with E-state index in [0.29, 0.717) is 29.2 Å². The molecule has 0 aliphatic carbocycles. The molecule has 1 heterocycles. The molecular weight excluding hydrogens is 514 g/mol. The quantitative estimate of drug-likeness (QED) is 0.174. The Balaban J connectivity index is 1.89. The number of hydrogen-bond acceptors (Lipinski definition) is 5. The number of benzene rings is 3. The number of aliphatic hydroxyl groups is 1. The Morgan fingerprint density at radius 2 is 1.56 bits per heavy atom. The van der Waals surface area contributed by atoms with Crippen LogP contribution in [0.2, 0.25) is 0 Å². The standard InChI is InChI=1S/C35H41NO5/c1-9-40-29-19-12-24(20-28(29)21(2)3)32(37)30-31(23-10-17-27(18-11-23)41-22(4)5)36(34(39)33(30)38)26-15-13-25(14-16-26)35(6,7)8/h10-22,31,37H,9H2,1-8H3/b32-30-. The molecule has 3 aromatic rings. The first-order valence-corrected chi connectivity index (χ1v) is 14.3. The van der Waals surface area contributed by atoms with Gasteiger partial charge in [0.15, 0.2) is 0 Å². The van der Waals surface area contributed by atoms with Crippen molar-refractivity contribution in [1.82, 2.24) is 0 Å². The van der Waals surface area contributed by atoms with Gasteiger partial charge in [0.05, 0.1) is 24.3 Å². The zero-order valence-corrected chi connectivity index (χ0v) is 25.3. The number of anilines is 1. The van der Waals surface area contributed by atoms with Crippen LogP contribution in [0.1, 0.15) is 89.6 Å². The average Bonchev–Trinajstić information content (AvgIpc) is 3.18. The van der Waals surface area contributed by atoms with E-state index >= 15 is 0 Å². The lowest BCUT2D eigenvalue weighted by atomic mass is 9.87. The minimum absolute atomic E-state index is 0.00243. The van der Waals surface area contributed by atoms with E-state index in [1.165, 1.54) is 4.90 Å². The summed E-state index contributed by atoms with van der Waals surface area (Å²) in [7, 11) is 0. The number of rotatable bonds is 8. The van der Waals surface area contributed by atoms with Gasteiger partial charge in [-0.1, -0.05) is 58.9 Å². The fourth-order valence-corrected chi connectivity index (χ4v) is 5.13. The van der Waals surface area contributed by atoms with E-state index in [-0.39, 0.29) is 28.8 Å². The van der Waals surface area contributed by atoms with Gasteiger partial charge in [0.2, 0.25) is 0 Å². The Morgan fingerprint density at radius 3 is 2.10 bits per heavy atom. The van der Waals surface area contributed by atoms with Crippen molar-refractivity contribution < 1.29 is 24.2 Å². The average molecular weight is 556 g/mol. The van der Waals surface area contributed by atoms with E-state index in [1.54, 1.807) is 6.07 Å². The van der Waals surface area contributed by atoms with Crippen LogP contribution in [0.15, 0.2) is 72.3 Å². The molecule has 1 saturated heterocycles. The van der Waals surface area contributed by atoms with Crippen molar-refractivity contribution in [2.45, 2.75) is 78.9 Å². The molecule has 1 unspecified atom stereocenters. The number of Topliss-reactive ketones (excluding diaryl/α,β-unsaturated/α-hetero) is 1. The largest absolute Gasteiger partial charge is 0.507 e. The topological polar surface area (TPSA) is 76.1 Å². The van der Waals surface area contributed by atoms with Crippen LogP contribution in [0.4, 0.5) is 5.69 Å². The lowest BCUT2D eigenvalue weighted by molar-refractivity contribution is -0.132. The SMILES string of the molecule is CCOc1ccc(/C(O)=C2/C(=O)C(=O)N(c3ccc(C(C)(C)C)cc3)C2c2ccc(OC(C)C)cc2)cc1C(C)C. The second kappa shape index (κ2) is 11.8. The van der Waals surface area contributed by atoms with Crippen LogP contribution in [0, 0.1) is 0 Å². The Morgan fingerprint density at radius 1 is 0.927 bits per heavy atom. The van der Waals surface area contributed by atoms with Gasteiger partial charge in [-0.25, -0.2) is 0 Å². The van der Waals surface area contributed by atoms with Crippen LogP contribution in [0.25, 0.3) is 5.76 Å². The maximum atomic E-state index is 13.7. The maximum absolute atomic E-state index is 13.7. The highest BCUT2D eigenvalue weighted by Crippen LogP contribution is 2.43. The van der Waals surface area contributed by atoms with E-state index in [2.05, 4.69) is 20.8 Å². The van der Waals surface area contributed by atoms with Crippen LogP contribution < -0.4 is 14.4 Å². The molecule has 0 radical (unpaired) electrons. The summed E-state index contributed by atoms with van der Waals surface area (Å²) in [5.41, 5.74) is 3.74. The highest BCUT2D eigenvalue weighted by atomic mass is 16.5. The summed E-state index contributed by atoms with van der Waals surface area (Å²) in [6.07, 6.45) is 0.00243. The molecule has 6 heteroatoms. The second-order valence-electron chi connectivity index (χ2n) is 12.0. The third-order valence-corrected chi connectivity index (χ3v) is 7.23. The van der Waals surface area contributed by atoms with Crippen molar-refractivity contribution in [2.75, 3.05) is 11.5 Å². The molecular formula is C35H41NO5. The monoisotopic (exact) mass is 555 g/mol. The Labute approximate surface area is 243 Å². The van der Waals surface area contributed by atoms with Crippen molar-refractivity contribution >= 4 is 23.1 Å². The van der Waals surface area contributed by atoms with E-state index in [1.807, 2.05) is 95.3 Å². The van der Waals surface area contributed by atoms with Gasteiger partial charge >= 0.3 is 0 Å². The molecule has 1 aliphatic heterocycles. The number of ether oxygens (including phenoxy) is 2. The van der Waals surface area contributed by atoms with Crippen molar-refractivity contribution in [3.05, 3.63) is 94.6 Å². The maximum Gasteiger partial charge on any atom is 0.300 e. The van der Waals surface area contributed by atoms with E-state index in [4.69, 9.17) is 9.47 Å². The highest BCUT2D eigenvalue weighted by Gasteiger charge is 2.47. The highest BCUT2D eigenvalue weighted by molar-refractivity contribution is 6.51. The Bertz CT molecular complexity index is 1440. The molecule has 1 fully saturated rings. The Hall–Kier alpha value is -4.06. The molecule has 41 heavy (non-hydrogen) atoms. The van der Waals surface area contributed by atoms with Gasteiger partial charge < -0.3 is 14.6 Å². The lowest BCUT2D eigenvalue weighted by Gasteiger charge is -2.27. The van der Waals surface area contributed by atoms with Gasteiger partial charge in [0.25, 0.3) is 11.7 Å². The first-order chi connectivity index (χ1) is 19.3. The summed E-state index contributed by atoms with van der Waals surface area (Å²) in [5, 5.41) is 11.7. The molecule has 1 atom stereocenters. The number of carbonyl (C=O) groups excluding carboxylic acids is 2. The summed E-state index contributed by atoms with van der Waals surface area (Å²) in [6.45, 7) is 16.8. The van der Waals surface area contributed by atoms with Crippen LogP contribution in [-0.2, 0) is 15.0 Å². The van der Waals surface area contributed by atoms with Crippen molar-refractivity contribution in [3.63, 3.8) is 0 Å². The van der Waals surface area contributed by atoms with Gasteiger partial charge in [0.1, 0.15) is 17.3 Å². The molecule has 0 saturated carbocycles. The van der Waals surface area contributed by atoms with Crippen LogP contribution >= 0.6 is 0 Å². The molecule has 0 spiro atoms. The van der Waals surface area contributed by atoms with Crippen LogP contribution in [0.3, 0.4) is 0 Å². The zero-order valence-electron chi connectivity index (χ0n) is 25.3. The molecule has 0 aromatic heterocycles. The lowest BCUT2D eigenvalue weighted by Crippen LogP contribution is -2.29. The molecule has 1 amide bonds. The summed E-state index contributed by atoms with van der Waals surface area (Å²) in [5.74, 6) is -0.0847. The molecule has 6 nitrogen and oxygen atoms in total. The number of amides is 1. The van der Waals surface area contributed by atoms with Gasteiger partial charge in [0, 0.05) is 11.3 Å². The molecule has 216 valence electrons. The van der Waals surface area contributed by atoms with Crippen molar-refractivity contribution in [2.24, 2.45) is 0 Å². The van der Waals surface area contributed by atoms with E-state index < -0.39 is 17.7 Å². The summed E-state index contributed by atoms with van der Waals surface area (Å²) >= 11 is 0. The Kier molecular flexibility index (Phi) is 8.62. The zero-order chi connectivity index (χ0) is 30.1.